The van der Waals surface area contributed by atoms with Crippen LogP contribution in [0.25, 0.3) is 0 Å². The fraction of sp³-hybridized carbons (Fsp3) is 0.286. The Kier molecular flexibility index (Phi) is 6.95. The molecule has 0 fully saturated rings. The van der Waals surface area contributed by atoms with Crippen LogP contribution in [0.5, 0.6) is 11.6 Å². The maximum Gasteiger partial charge on any atom is 0.250 e. The summed E-state index contributed by atoms with van der Waals surface area (Å²) in [5, 5.41) is 0. The minimum Gasteiger partial charge on any atom is -0.492 e. The first kappa shape index (κ1) is 15.8. The quantitative estimate of drug-likeness (QED) is 0.807. The number of hydrogen-bond acceptors (Lipinski definition) is 4. The Morgan fingerprint density at radius 3 is 2.30 bits per heavy atom. The van der Waals surface area contributed by atoms with Crippen LogP contribution in [0.2, 0.25) is 0 Å². The van der Waals surface area contributed by atoms with Gasteiger partial charge in [-0.1, -0.05) is 0 Å². The second-order valence-corrected chi connectivity index (χ2v) is 3.47. The van der Waals surface area contributed by atoms with Crippen molar-refractivity contribution in [2.24, 2.45) is 0 Å². The number of rotatable bonds is 4. The van der Waals surface area contributed by atoms with Crippen LogP contribution in [-0.2, 0) is 0 Å². The number of hydrogen-bond donors (Lipinski definition) is 0. The van der Waals surface area contributed by atoms with Crippen molar-refractivity contribution < 1.29 is 18.3 Å². The Bertz CT molecular complexity index is 507. The van der Waals surface area contributed by atoms with Crippen molar-refractivity contribution in [1.29, 1.82) is 0 Å². The van der Waals surface area contributed by atoms with Crippen LogP contribution >= 0.6 is 0 Å². The van der Waals surface area contributed by atoms with E-state index >= 15 is 0 Å². The van der Waals surface area contributed by atoms with Gasteiger partial charge in [0.25, 0.3) is 0 Å². The van der Waals surface area contributed by atoms with E-state index in [1.165, 1.54) is 30.6 Å². The normalized spacial score (nSPS) is 9.40. The SMILES string of the molecule is CCOc1ccc(F)nc1.CCOc1ncccc1F. The standard InChI is InChI=1S/2C7H8FNO/c1-2-10-6-3-4-7(8)9-5-6;1-2-10-7-6(8)4-3-5-9-7/h2*3-5H,2H2,1H3. The van der Waals surface area contributed by atoms with Crippen LogP contribution in [0.3, 0.4) is 0 Å². The zero-order chi connectivity index (χ0) is 14.8. The predicted octanol–water partition coefficient (Wildman–Crippen LogP) is 3.24. The summed E-state index contributed by atoms with van der Waals surface area (Å²) in [6, 6.07) is 5.66. The molecule has 2 rings (SSSR count). The Balaban J connectivity index is 0.000000200. The third kappa shape index (κ3) is 5.60. The van der Waals surface area contributed by atoms with Gasteiger partial charge >= 0.3 is 0 Å². The van der Waals surface area contributed by atoms with Crippen LogP contribution in [0, 0.1) is 11.8 Å². The van der Waals surface area contributed by atoms with Gasteiger partial charge in [0.15, 0.2) is 5.82 Å². The monoisotopic (exact) mass is 282 g/mol. The van der Waals surface area contributed by atoms with Crippen LogP contribution in [0.4, 0.5) is 8.78 Å². The Morgan fingerprint density at radius 1 is 1.00 bits per heavy atom. The molecule has 0 aliphatic heterocycles. The number of aromatic nitrogens is 2. The molecule has 0 saturated carbocycles. The molecule has 0 bridgehead atoms. The predicted molar refractivity (Wildman–Crippen MR) is 70.7 cm³/mol. The third-order valence-electron chi connectivity index (χ3n) is 2.02. The molecule has 0 unspecified atom stereocenters. The van der Waals surface area contributed by atoms with Crippen molar-refractivity contribution in [2.75, 3.05) is 13.2 Å². The lowest BCUT2D eigenvalue weighted by atomic mass is 10.4. The van der Waals surface area contributed by atoms with Gasteiger partial charge in [0.05, 0.1) is 19.4 Å². The van der Waals surface area contributed by atoms with Crippen LogP contribution in [-0.4, -0.2) is 23.2 Å². The molecular formula is C14H16F2N2O2. The smallest absolute Gasteiger partial charge is 0.250 e. The van der Waals surface area contributed by atoms with E-state index in [9.17, 15) is 8.78 Å². The van der Waals surface area contributed by atoms with Gasteiger partial charge < -0.3 is 9.47 Å². The highest BCUT2D eigenvalue weighted by molar-refractivity contribution is 5.15. The Morgan fingerprint density at radius 2 is 1.75 bits per heavy atom. The van der Waals surface area contributed by atoms with E-state index in [4.69, 9.17) is 9.47 Å². The van der Waals surface area contributed by atoms with Crippen LogP contribution < -0.4 is 9.47 Å². The van der Waals surface area contributed by atoms with E-state index in [1.807, 2.05) is 6.92 Å². The molecule has 2 aromatic heterocycles. The molecule has 20 heavy (non-hydrogen) atoms. The molecule has 0 atom stereocenters. The second-order valence-electron chi connectivity index (χ2n) is 3.47. The maximum atomic E-state index is 12.6. The molecule has 0 N–H and O–H groups in total. The lowest BCUT2D eigenvalue weighted by Gasteiger charge is -2.00. The Hall–Kier alpha value is -2.24. The minimum absolute atomic E-state index is 0.0741. The highest BCUT2D eigenvalue weighted by atomic mass is 19.1. The zero-order valence-corrected chi connectivity index (χ0v) is 11.3. The van der Waals surface area contributed by atoms with Crippen molar-refractivity contribution in [3.63, 3.8) is 0 Å². The molecule has 4 nitrogen and oxygen atoms in total. The van der Waals surface area contributed by atoms with Gasteiger partial charge in [0.1, 0.15) is 5.75 Å². The molecular weight excluding hydrogens is 266 g/mol. The van der Waals surface area contributed by atoms with Gasteiger partial charge in [-0.3, -0.25) is 0 Å². The van der Waals surface area contributed by atoms with Gasteiger partial charge in [-0.05, 0) is 38.1 Å². The first-order chi connectivity index (χ1) is 9.67. The van der Waals surface area contributed by atoms with Crippen molar-refractivity contribution >= 4 is 0 Å². The third-order valence-corrected chi connectivity index (χ3v) is 2.02. The lowest BCUT2D eigenvalue weighted by molar-refractivity contribution is 0.307. The van der Waals surface area contributed by atoms with Crippen LogP contribution in [0.1, 0.15) is 13.8 Å². The van der Waals surface area contributed by atoms with Crippen LogP contribution in [0.15, 0.2) is 36.7 Å². The molecule has 6 heteroatoms. The summed E-state index contributed by atoms with van der Waals surface area (Å²) >= 11 is 0. The van der Waals surface area contributed by atoms with E-state index in [2.05, 4.69) is 9.97 Å². The first-order valence-corrected chi connectivity index (χ1v) is 6.15. The topological polar surface area (TPSA) is 44.2 Å². The lowest BCUT2D eigenvalue weighted by Crippen LogP contribution is -1.96. The van der Waals surface area contributed by atoms with Gasteiger partial charge in [-0.15, -0.1) is 0 Å². The highest BCUT2D eigenvalue weighted by Crippen LogP contribution is 2.10. The molecule has 0 aromatic carbocycles. The maximum absolute atomic E-state index is 12.6. The molecule has 0 saturated heterocycles. The summed E-state index contributed by atoms with van der Waals surface area (Å²) in [6.45, 7) is 4.67. The number of pyridine rings is 2. The van der Waals surface area contributed by atoms with E-state index in [0.29, 0.717) is 19.0 Å². The van der Waals surface area contributed by atoms with Gasteiger partial charge in [0, 0.05) is 6.20 Å². The molecule has 108 valence electrons. The summed E-state index contributed by atoms with van der Waals surface area (Å²) in [7, 11) is 0. The summed E-state index contributed by atoms with van der Waals surface area (Å²) in [5.74, 6) is -0.221. The second kappa shape index (κ2) is 8.79. The summed E-state index contributed by atoms with van der Waals surface area (Å²) < 4.78 is 34.6. The Labute approximate surface area is 116 Å². The largest absolute Gasteiger partial charge is 0.492 e. The average Bonchev–Trinajstić information content (AvgIpc) is 2.45. The average molecular weight is 282 g/mol. The molecule has 2 aromatic rings. The molecule has 0 amide bonds. The molecule has 0 spiro atoms. The summed E-state index contributed by atoms with van der Waals surface area (Å²) in [4.78, 5) is 7.08. The molecule has 2 heterocycles. The van der Waals surface area contributed by atoms with Gasteiger partial charge in [-0.2, -0.15) is 4.39 Å². The van der Waals surface area contributed by atoms with E-state index in [0.717, 1.165) is 0 Å². The highest BCUT2D eigenvalue weighted by Gasteiger charge is 1.99. The first-order valence-electron chi connectivity index (χ1n) is 6.15. The zero-order valence-electron chi connectivity index (χ0n) is 11.3. The summed E-state index contributed by atoms with van der Waals surface area (Å²) in [6.07, 6.45) is 2.85. The molecule has 0 radical (unpaired) electrons. The molecule has 0 aliphatic rings. The van der Waals surface area contributed by atoms with E-state index in [-0.39, 0.29) is 5.88 Å². The number of ether oxygens (including phenoxy) is 2. The number of nitrogens with zero attached hydrogens (tertiary/aromatic N) is 2. The van der Waals surface area contributed by atoms with E-state index < -0.39 is 11.8 Å². The fourth-order valence-corrected chi connectivity index (χ4v) is 1.23. The fourth-order valence-electron chi connectivity index (χ4n) is 1.23. The van der Waals surface area contributed by atoms with Gasteiger partial charge in [0.2, 0.25) is 11.8 Å². The van der Waals surface area contributed by atoms with Crippen molar-refractivity contribution in [2.45, 2.75) is 13.8 Å². The molecule has 0 aliphatic carbocycles. The summed E-state index contributed by atoms with van der Waals surface area (Å²) in [5.41, 5.74) is 0. The number of halogens is 2. The van der Waals surface area contributed by atoms with E-state index in [1.54, 1.807) is 13.0 Å². The van der Waals surface area contributed by atoms with Gasteiger partial charge in [-0.25, -0.2) is 14.4 Å². The van der Waals surface area contributed by atoms with Crippen molar-refractivity contribution in [1.82, 2.24) is 9.97 Å². The minimum atomic E-state index is -0.483. The van der Waals surface area contributed by atoms with Crippen molar-refractivity contribution in [3.05, 3.63) is 48.4 Å². The van der Waals surface area contributed by atoms with Crippen molar-refractivity contribution in [3.8, 4) is 11.6 Å².